The largest absolute Gasteiger partial charge is 0.484 e. The molecule has 0 radical (unpaired) electrons. The third-order valence-electron chi connectivity index (χ3n) is 3.68. The van der Waals surface area contributed by atoms with E-state index in [9.17, 15) is 9.59 Å². The van der Waals surface area contributed by atoms with Gasteiger partial charge in [0.05, 0.1) is 11.4 Å². The van der Waals surface area contributed by atoms with E-state index in [4.69, 9.17) is 20.8 Å². The van der Waals surface area contributed by atoms with Crippen molar-refractivity contribution in [1.29, 1.82) is 0 Å². The van der Waals surface area contributed by atoms with Gasteiger partial charge in [0.15, 0.2) is 6.61 Å². The van der Waals surface area contributed by atoms with Gasteiger partial charge in [-0.05, 0) is 36.4 Å². The summed E-state index contributed by atoms with van der Waals surface area (Å²) in [5, 5.41) is 4.08. The lowest BCUT2D eigenvalue weighted by Gasteiger charge is -2.18. The minimum absolute atomic E-state index is 0.193. The van der Waals surface area contributed by atoms with E-state index in [2.05, 4.69) is 5.32 Å². The fraction of sp³-hybridized carbons (Fsp3) is 0.158. The number of anilines is 2. The van der Waals surface area contributed by atoms with Crippen molar-refractivity contribution in [3.63, 3.8) is 0 Å². The van der Waals surface area contributed by atoms with Crippen LogP contribution in [0.5, 0.6) is 5.75 Å². The van der Waals surface area contributed by atoms with E-state index in [0.29, 0.717) is 22.0 Å². The fourth-order valence-electron chi connectivity index (χ4n) is 2.46. The molecule has 134 valence electrons. The third kappa shape index (κ3) is 4.15. The van der Waals surface area contributed by atoms with Crippen molar-refractivity contribution in [2.45, 2.75) is 0 Å². The molecule has 2 aromatic carbocycles. The number of halogens is 1. The Morgan fingerprint density at radius 3 is 2.69 bits per heavy atom. The maximum absolute atomic E-state index is 12.2. The second-order valence-electron chi connectivity index (χ2n) is 5.85. The van der Waals surface area contributed by atoms with Gasteiger partial charge in [-0.2, -0.15) is 0 Å². The predicted octanol–water partition coefficient (Wildman–Crippen LogP) is 3.53. The third-order valence-corrected chi connectivity index (χ3v) is 3.91. The van der Waals surface area contributed by atoms with Crippen molar-refractivity contribution in [2.24, 2.45) is 0 Å². The number of nitrogens with one attached hydrogen (secondary N) is 1. The highest BCUT2D eigenvalue weighted by atomic mass is 35.5. The molecular weight excluding hydrogens is 356 g/mol. The van der Waals surface area contributed by atoms with Crippen LogP contribution in [-0.2, 0) is 4.79 Å². The van der Waals surface area contributed by atoms with Gasteiger partial charge in [-0.3, -0.25) is 4.79 Å². The molecule has 0 saturated carbocycles. The van der Waals surface area contributed by atoms with E-state index < -0.39 is 5.63 Å². The number of ether oxygens (including phenoxy) is 1. The molecule has 26 heavy (non-hydrogen) atoms. The smallest absolute Gasteiger partial charge is 0.336 e. The summed E-state index contributed by atoms with van der Waals surface area (Å²) in [7, 11) is 3.75. The molecular formula is C19H17ClN2O4. The lowest BCUT2D eigenvalue weighted by Crippen LogP contribution is -2.22. The second kappa shape index (κ2) is 7.49. The number of nitrogens with zero attached hydrogens (tertiary/aromatic N) is 1. The molecule has 6 nitrogen and oxygen atoms in total. The summed E-state index contributed by atoms with van der Waals surface area (Å²) in [6.07, 6.45) is 0. The first kappa shape index (κ1) is 17.8. The molecule has 0 aliphatic heterocycles. The summed E-state index contributed by atoms with van der Waals surface area (Å²) in [6, 6.07) is 13.3. The number of fused-ring (bicyclic) bond motifs is 1. The normalized spacial score (nSPS) is 10.6. The summed E-state index contributed by atoms with van der Waals surface area (Å²) in [5.41, 5.74) is 1.39. The lowest BCUT2D eigenvalue weighted by molar-refractivity contribution is -0.118. The number of carbonyl (C=O) groups excluding carboxylic acids is 1. The molecule has 1 N–H and O–H groups in total. The molecule has 1 heterocycles. The zero-order chi connectivity index (χ0) is 18.7. The number of amides is 1. The lowest BCUT2D eigenvalue weighted by atomic mass is 10.2. The van der Waals surface area contributed by atoms with E-state index in [1.807, 2.05) is 25.1 Å². The van der Waals surface area contributed by atoms with Crippen molar-refractivity contribution >= 4 is 39.9 Å². The van der Waals surface area contributed by atoms with Crippen LogP contribution >= 0.6 is 11.6 Å². The number of carbonyl (C=O) groups is 1. The summed E-state index contributed by atoms with van der Waals surface area (Å²) in [5.74, 6) is 0.103. The summed E-state index contributed by atoms with van der Waals surface area (Å²) < 4.78 is 10.6. The molecule has 7 heteroatoms. The molecule has 0 fully saturated rings. The molecule has 0 aliphatic carbocycles. The Hall–Kier alpha value is -2.99. The Morgan fingerprint density at radius 1 is 1.15 bits per heavy atom. The van der Waals surface area contributed by atoms with E-state index in [1.165, 1.54) is 6.07 Å². The number of hydrogen-bond acceptors (Lipinski definition) is 5. The Labute approximate surface area is 154 Å². The minimum atomic E-state index is -0.440. The zero-order valence-electron chi connectivity index (χ0n) is 14.3. The highest BCUT2D eigenvalue weighted by molar-refractivity contribution is 6.31. The number of benzene rings is 2. The Bertz CT molecular complexity index is 1010. The second-order valence-corrected chi connectivity index (χ2v) is 6.28. The van der Waals surface area contributed by atoms with Crippen LogP contribution < -0.4 is 20.6 Å². The first-order valence-corrected chi connectivity index (χ1v) is 8.23. The van der Waals surface area contributed by atoms with Crippen LogP contribution in [0.2, 0.25) is 5.02 Å². The van der Waals surface area contributed by atoms with Crippen molar-refractivity contribution in [3.05, 3.63) is 64.0 Å². The van der Waals surface area contributed by atoms with Crippen LogP contribution in [0.15, 0.2) is 57.7 Å². The van der Waals surface area contributed by atoms with Crippen molar-refractivity contribution in [2.75, 3.05) is 30.9 Å². The van der Waals surface area contributed by atoms with Crippen molar-refractivity contribution in [3.8, 4) is 5.75 Å². The minimum Gasteiger partial charge on any atom is -0.484 e. The van der Waals surface area contributed by atoms with Gasteiger partial charge in [0, 0.05) is 36.6 Å². The van der Waals surface area contributed by atoms with Crippen LogP contribution in [0.4, 0.5) is 11.4 Å². The SMILES string of the molecule is CN(C)c1ccc(Cl)cc1NC(=O)COc1ccc2ccc(=O)oc2c1. The van der Waals surface area contributed by atoms with Gasteiger partial charge in [0.2, 0.25) is 0 Å². The molecule has 1 aromatic heterocycles. The van der Waals surface area contributed by atoms with Crippen LogP contribution in [0.25, 0.3) is 11.0 Å². The highest BCUT2D eigenvalue weighted by Gasteiger charge is 2.10. The molecule has 0 unspecified atom stereocenters. The molecule has 0 bridgehead atoms. The summed E-state index contributed by atoms with van der Waals surface area (Å²) in [4.78, 5) is 25.4. The predicted molar refractivity (Wildman–Crippen MR) is 102 cm³/mol. The van der Waals surface area contributed by atoms with Crippen LogP contribution in [0.3, 0.4) is 0 Å². The Kier molecular flexibility index (Phi) is 5.14. The topological polar surface area (TPSA) is 71.8 Å². The monoisotopic (exact) mass is 372 g/mol. The van der Waals surface area contributed by atoms with E-state index in [1.54, 1.807) is 36.4 Å². The summed E-state index contributed by atoms with van der Waals surface area (Å²) in [6.45, 7) is -0.193. The van der Waals surface area contributed by atoms with Gasteiger partial charge in [0.25, 0.3) is 5.91 Å². The zero-order valence-corrected chi connectivity index (χ0v) is 15.0. The van der Waals surface area contributed by atoms with E-state index in [0.717, 1.165) is 11.1 Å². The molecule has 0 aliphatic rings. The summed E-state index contributed by atoms with van der Waals surface area (Å²) >= 11 is 6.01. The molecule has 0 atom stereocenters. The standard InChI is InChI=1S/C19H17ClN2O4/c1-22(2)16-7-5-13(20)9-15(16)21-18(23)11-25-14-6-3-12-4-8-19(24)26-17(12)10-14/h3-10H,11H2,1-2H3,(H,21,23). The van der Waals surface area contributed by atoms with Crippen LogP contribution in [0, 0.1) is 0 Å². The first-order chi connectivity index (χ1) is 12.4. The highest BCUT2D eigenvalue weighted by Crippen LogP contribution is 2.27. The van der Waals surface area contributed by atoms with Crippen molar-refractivity contribution in [1.82, 2.24) is 0 Å². The number of hydrogen-bond donors (Lipinski definition) is 1. The number of rotatable bonds is 5. The van der Waals surface area contributed by atoms with Gasteiger partial charge in [-0.15, -0.1) is 0 Å². The maximum Gasteiger partial charge on any atom is 0.336 e. The van der Waals surface area contributed by atoms with Gasteiger partial charge in [-0.1, -0.05) is 11.6 Å². The molecule has 3 aromatic rings. The van der Waals surface area contributed by atoms with Crippen LogP contribution in [-0.4, -0.2) is 26.6 Å². The van der Waals surface area contributed by atoms with E-state index >= 15 is 0 Å². The first-order valence-electron chi connectivity index (χ1n) is 7.86. The van der Waals surface area contributed by atoms with Crippen LogP contribution in [0.1, 0.15) is 0 Å². The van der Waals surface area contributed by atoms with Gasteiger partial charge in [0.1, 0.15) is 11.3 Å². The molecule has 1 amide bonds. The average Bonchev–Trinajstić information content (AvgIpc) is 2.59. The quantitative estimate of drug-likeness (QED) is 0.694. The Morgan fingerprint density at radius 2 is 1.92 bits per heavy atom. The fourth-order valence-corrected chi connectivity index (χ4v) is 2.64. The van der Waals surface area contributed by atoms with Gasteiger partial charge >= 0.3 is 5.63 Å². The van der Waals surface area contributed by atoms with Crippen molar-refractivity contribution < 1.29 is 13.9 Å². The molecule has 0 spiro atoms. The molecule has 0 saturated heterocycles. The Balaban J connectivity index is 1.70. The average molecular weight is 373 g/mol. The van der Waals surface area contributed by atoms with Gasteiger partial charge in [-0.25, -0.2) is 4.79 Å². The molecule has 3 rings (SSSR count). The van der Waals surface area contributed by atoms with Gasteiger partial charge < -0.3 is 19.4 Å². The van der Waals surface area contributed by atoms with E-state index in [-0.39, 0.29) is 12.5 Å². The maximum atomic E-state index is 12.2.